The molecule has 9 heteroatoms. The molecule has 0 bridgehead atoms. The van der Waals surface area contributed by atoms with Gasteiger partial charge in [0.15, 0.2) is 0 Å². The summed E-state index contributed by atoms with van der Waals surface area (Å²) in [6.45, 7) is 4.77. The lowest BCUT2D eigenvalue weighted by Gasteiger charge is -2.25. The number of allylic oxidation sites excluding steroid dienone is 5. The smallest absolute Gasteiger partial charge is 0.387 e. The molecule has 8 nitrogen and oxygen atoms in total. The molecule has 0 fully saturated rings. The highest BCUT2D eigenvalue weighted by molar-refractivity contribution is 7.47. The van der Waals surface area contributed by atoms with Crippen molar-refractivity contribution >= 4 is 13.7 Å². The molecule has 0 aromatic heterocycles. The number of phosphoric acid groups is 1. The number of unbranched alkanes of at least 4 members (excludes halogenated alkanes) is 24. The number of carbonyl (C=O) groups excluding carboxylic acids is 1. The molecule has 0 radical (unpaired) electrons. The zero-order valence-corrected chi connectivity index (χ0v) is 37.6. The predicted molar refractivity (Wildman–Crippen MR) is 235 cm³/mol. The Morgan fingerprint density at radius 3 is 1.45 bits per heavy atom. The molecule has 0 aliphatic heterocycles. The number of hydrogen-bond donors (Lipinski definition) is 3. The van der Waals surface area contributed by atoms with Crippen molar-refractivity contribution in [1.29, 1.82) is 0 Å². The number of rotatable bonds is 41. The van der Waals surface area contributed by atoms with Crippen molar-refractivity contribution in [3.05, 3.63) is 36.5 Å². The van der Waals surface area contributed by atoms with E-state index in [0.717, 1.165) is 38.5 Å². The van der Waals surface area contributed by atoms with Crippen molar-refractivity contribution < 1.29 is 32.9 Å². The van der Waals surface area contributed by atoms with Crippen LogP contribution in [0.1, 0.15) is 200 Å². The van der Waals surface area contributed by atoms with E-state index in [2.05, 4.69) is 43.5 Å². The normalized spacial score (nSPS) is 14.7. The van der Waals surface area contributed by atoms with Gasteiger partial charge in [0.05, 0.1) is 39.9 Å². The van der Waals surface area contributed by atoms with Gasteiger partial charge in [-0.2, -0.15) is 0 Å². The summed E-state index contributed by atoms with van der Waals surface area (Å²) >= 11 is 0. The Hall–Kier alpha value is -1.28. The highest BCUT2D eigenvalue weighted by Gasteiger charge is 2.27. The van der Waals surface area contributed by atoms with Crippen molar-refractivity contribution in [3.8, 4) is 0 Å². The zero-order valence-electron chi connectivity index (χ0n) is 36.7. The van der Waals surface area contributed by atoms with Gasteiger partial charge in [0.25, 0.3) is 0 Å². The summed E-state index contributed by atoms with van der Waals surface area (Å²) in [5, 5.41) is 13.8. The molecule has 0 spiro atoms. The Labute approximate surface area is 340 Å². The van der Waals surface area contributed by atoms with Crippen LogP contribution in [0.3, 0.4) is 0 Å². The number of aliphatic hydroxyl groups excluding tert-OH is 1. The van der Waals surface area contributed by atoms with E-state index in [1.54, 1.807) is 6.08 Å². The van der Waals surface area contributed by atoms with Gasteiger partial charge in [0.2, 0.25) is 5.91 Å². The summed E-state index contributed by atoms with van der Waals surface area (Å²) in [6.07, 6.45) is 46.5. The third-order valence-corrected chi connectivity index (χ3v) is 11.1. The van der Waals surface area contributed by atoms with Crippen LogP contribution in [0.15, 0.2) is 36.5 Å². The van der Waals surface area contributed by atoms with Crippen LogP contribution in [0, 0.1) is 0 Å². The van der Waals surface area contributed by atoms with E-state index in [4.69, 9.17) is 9.05 Å². The molecule has 55 heavy (non-hydrogen) atoms. The molecule has 3 atom stereocenters. The fraction of sp³-hybridized carbons (Fsp3) is 0.848. The van der Waals surface area contributed by atoms with Crippen molar-refractivity contribution in [2.75, 3.05) is 40.9 Å². The molecule has 0 aliphatic rings. The number of hydrogen-bond acceptors (Lipinski definition) is 5. The minimum atomic E-state index is -4.34. The van der Waals surface area contributed by atoms with Crippen LogP contribution in [-0.2, 0) is 18.4 Å². The van der Waals surface area contributed by atoms with Crippen LogP contribution in [-0.4, -0.2) is 73.4 Å². The Morgan fingerprint density at radius 1 is 0.600 bits per heavy atom. The minimum absolute atomic E-state index is 0.0552. The molecule has 0 saturated carbocycles. The minimum Gasteiger partial charge on any atom is -0.387 e. The van der Waals surface area contributed by atoms with E-state index in [1.807, 2.05) is 27.2 Å². The van der Waals surface area contributed by atoms with Gasteiger partial charge in [-0.1, -0.05) is 172 Å². The molecule has 3 N–H and O–H groups in total. The molecule has 3 unspecified atom stereocenters. The number of carbonyl (C=O) groups is 1. The van der Waals surface area contributed by atoms with Crippen LogP contribution in [0.2, 0.25) is 0 Å². The highest BCUT2D eigenvalue weighted by Crippen LogP contribution is 2.43. The summed E-state index contributed by atoms with van der Waals surface area (Å²) in [4.78, 5) is 23.1. The second-order valence-electron chi connectivity index (χ2n) is 16.8. The largest absolute Gasteiger partial charge is 0.472 e. The second kappa shape index (κ2) is 38.2. The highest BCUT2D eigenvalue weighted by atomic mass is 31.2. The molecule has 0 rings (SSSR count). The van der Waals surface area contributed by atoms with Gasteiger partial charge in [0, 0.05) is 6.42 Å². The lowest BCUT2D eigenvalue weighted by atomic mass is 10.1. The molecular weight excluding hydrogens is 707 g/mol. The molecule has 324 valence electrons. The number of likely N-dealkylation sites (N-methyl/N-ethyl adjacent to an activating group) is 1. The van der Waals surface area contributed by atoms with Crippen LogP contribution < -0.4 is 5.32 Å². The Kier molecular flexibility index (Phi) is 37.4. The van der Waals surface area contributed by atoms with Crippen LogP contribution in [0.25, 0.3) is 0 Å². The first-order valence-electron chi connectivity index (χ1n) is 22.9. The lowest BCUT2D eigenvalue weighted by molar-refractivity contribution is -0.870. The topological polar surface area (TPSA) is 105 Å². The van der Waals surface area contributed by atoms with Crippen LogP contribution in [0.5, 0.6) is 0 Å². The van der Waals surface area contributed by atoms with Gasteiger partial charge in [-0.15, -0.1) is 0 Å². The van der Waals surface area contributed by atoms with E-state index < -0.39 is 20.0 Å². The zero-order chi connectivity index (χ0) is 40.7. The maximum Gasteiger partial charge on any atom is 0.472 e. The average Bonchev–Trinajstić information content (AvgIpc) is 3.13. The molecule has 1 amide bonds. The van der Waals surface area contributed by atoms with E-state index in [9.17, 15) is 19.4 Å². The maximum absolute atomic E-state index is 12.9. The second-order valence-corrected chi connectivity index (χ2v) is 18.2. The monoisotopic (exact) mass is 798 g/mol. The lowest BCUT2D eigenvalue weighted by Crippen LogP contribution is -2.45. The van der Waals surface area contributed by atoms with Crippen molar-refractivity contribution in [2.45, 2.75) is 212 Å². The van der Waals surface area contributed by atoms with E-state index in [1.165, 1.54) is 141 Å². The number of aliphatic hydroxyl groups is 1. The summed E-state index contributed by atoms with van der Waals surface area (Å²) in [7, 11) is 1.55. The van der Waals surface area contributed by atoms with Gasteiger partial charge in [-0.05, 0) is 57.8 Å². The molecule has 0 aromatic rings. The average molecular weight is 798 g/mol. The quantitative estimate of drug-likeness (QED) is 0.0246. The van der Waals surface area contributed by atoms with Gasteiger partial charge in [-0.3, -0.25) is 13.8 Å². The number of nitrogens with one attached hydrogen (secondary N) is 1. The fourth-order valence-corrected chi connectivity index (χ4v) is 7.14. The summed E-state index contributed by atoms with van der Waals surface area (Å²) in [5.41, 5.74) is 0. The van der Waals surface area contributed by atoms with Gasteiger partial charge in [0.1, 0.15) is 13.2 Å². The van der Waals surface area contributed by atoms with Gasteiger partial charge < -0.3 is 19.8 Å². The molecule has 0 aromatic carbocycles. The molecular formula is C46H90N2O6P+. The van der Waals surface area contributed by atoms with E-state index >= 15 is 0 Å². The standard InChI is InChI=1S/C46H89N2O6P/c1-6-8-10-12-14-16-18-20-21-22-23-24-25-26-27-28-30-32-34-36-38-40-46(50)47-44(43-54-55(51,52)53-42-41-48(3,4)5)45(49)39-37-35-33-31-29-19-17-15-13-11-9-7-2/h24-25,29,31,37,39,44-45,49H,6-23,26-28,30,32-36,38,40-43H2,1-5H3,(H-,47,50,51,52)/p+1/b25-24-,31-29+,39-37+. The van der Waals surface area contributed by atoms with Crippen LogP contribution >= 0.6 is 7.82 Å². The van der Waals surface area contributed by atoms with Crippen molar-refractivity contribution in [3.63, 3.8) is 0 Å². The third-order valence-electron chi connectivity index (χ3n) is 10.1. The molecule has 0 saturated heterocycles. The maximum atomic E-state index is 12.9. The first-order chi connectivity index (χ1) is 26.5. The van der Waals surface area contributed by atoms with E-state index in [-0.39, 0.29) is 19.1 Å². The Balaban J connectivity index is 4.35. The molecule has 0 aliphatic carbocycles. The van der Waals surface area contributed by atoms with E-state index in [0.29, 0.717) is 17.4 Å². The predicted octanol–water partition coefficient (Wildman–Crippen LogP) is 12.7. The number of quaternary nitrogens is 1. The van der Waals surface area contributed by atoms with Crippen molar-refractivity contribution in [1.82, 2.24) is 5.32 Å². The fourth-order valence-electron chi connectivity index (χ4n) is 6.40. The number of amides is 1. The Bertz CT molecular complexity index is 995. The summed E-state index contributed by atoms with van der Waals surface area (Å²) in [6, 6.07) is -0.863. The SMILES string of the molecule is CCCCCCCC/C=C/CC/C=C/C(O)C(COP(=O)(O)OCC[N+](C)(C)C)NC(=O)CCCCCCCCC/C=C\CCCCCCCCCCCC. The first-order valence-corrected chi connectivity index (χ1v) is 24.4. The van der Waals surface area contributed by atoms with Gasteiger partial charge >= 0.3 is 7.82 Å². The van der Waals surface area contributed by atoms with Crippen molar-refractivity contribution in [2.24, 2.45) is 0 Å². The summed E-state index contributed by atoms with van der Waals surface area (Å²) in [5.74, 6) is -0.193. The third kappa shape index (κ3) is 40.7. The van der Waals surface area contributed by atoms with Gasteiger partial charge in [-0.25, -0.2) is 4.57 Å². The number of nitrogens with zero attached hydrogens (tertiary/aromatic N) is 1. The first kappa shape index (κ1) is 53.7. The Morgan fingerprint density at radius 2 is 1.00 bits per heavy atom. The number of phosphoric ester groups is 1. The molecule has 0 heterocycles. The van der Waals surface area contributed by atoms with Crippen LogP contribution in [0.4, 0.5) is 0 Å². The summed E-state index contributed by atoms with van der Waals surface area (Å²) < 4.78 is 23.5.